The second-order valence-electron chi connectivity index (χ2n) is 3.02. The normalized spacial score (nSPS) is 9.36. The first-order valence-electron chi connectivity index (χ1n) is 3.95. The van der Waals surface area contributed by atoms with Crippen molar-refractivity contribution in [3.05, 3.63) is 34.7 Å². The van der Waals surface area contributed by atoms with Gasteiger partial charge in [-0.2, -0.15) is 5.26 Å². The molecule has 4 heteroatoms. The number of nitriles is 1. The molecule has 0 fully saturated rings. The number of rotatable bonds is 1. The van der Waals surface area contributed by atoms with Gasteiger partial charge < -0.3 is 0 Å². The van der Waals surface area contributed by atoms with Crippen LogP contribution in [0.1, 0.15) is 25.1 Å². The number of nitrogens with zero attached hydrogens (tertiary/aromatic N) is 2. The average Bonchev–Trinajstić information content (AvgIpc) is 2.13. The molecule has 0 atom stereocenters. The van der Waals surface area contributed by atoms with Crippen molar-refractivity contribution in [2.75, 3.05) is 0 Å². The van der Waals surface area contributed by atoms with E-state index in [2.05, 4.69) is 4.98 Å². The van der Waals surface area contributed by atoms with Gasteiger partial charge in [0.15, 0.2) is 17.3 Å². The largest absolute Gasteiger partial charge is 0.242 e. The van der Waals surface area contributed by atoms with E-state index in [4.69, 9.17) is 5.26 Å². The molecule has 0 unspecified atom stereocenters. The standard InChI is InChI=1S/C10H8F2N2/c1-6(2)3-7-5-14-8(4-13)10(12)9(7)11/h3,5H,1-2H3. The fourth-order valence-electron chi connectivity index (χ4n) is 0.968. The maximum Gasteiger partial charge on any atom is 0.195 e. The van der Waals surface area contributed by atoms with Gasteiger partial charge >= 0.3 is 0 Å². The maximum absolute atomic E-state index is 13.2. The van der Waals surface area contributed by atoms with Crippen LogP contribution < -0.4 is 0 Å². The van der Waals surface area contributed by atoms with Crippen LogP contribution in [0, 0.1) is 23.0 Å². The number of aromatic nitrogens is 1. The van der Waals surface area contributed by atoms with Gasteiger partial charge in [0.25, 0.3) is 0 Å². The zero-order valence-electron chi connectivity index (χ0n) is 7.81. The fraction of sp³-hybridized carbons (Fsp3) is 0.200. The number of halogens is 2. The molecule has 14 heavy (non-hydrogen) atoms. The number of hydrogen-bond donors (Lipinski definition) is 0. The quantitative estimate of drug-likeness (QED) is 0.689. The van der Waals surface area contributed by atoms with E-state index in [1.54, 1.807) is 13.8 Å². The molecule has 0 saturated carbocycles. The molecule has 1 aromatic heterocycles. The second kappa shape index (κ2) is 3.97. The lowest BCUT2D eigenvalue weighted by molar-refractivity contribution is 0.499. The molecule has 0 aromatic carbocycles. The summed E-state index contributed by atoms with van der Waals surface area (Å²) in [5.41, 5.74) is 0.365. The van der Waals surface area contributed by atoms with Gasteiger partial charge in [-0.15, -0.1) is 0 Å². The van der Waals surface area contributed by atoms with Crippen LogP contribution in [0.15, 0.2) is 11.8 Å². The molecular weight excluding hydrogens is 186 g/mol. The zero-order valence-corrected chi connectivity index (χ0v) is 7.81. The van der Waals surface area contributed by atoms with Crippen LogP contribution in [0.3, 0.4) is 0 Å². The van der Waals surface area contributed by atoms with Gasteiger partial charge in [-0.1, -0.05) is 11.6 Å². The second-order valence-corrected chi connectivity index (χ2v) is 3.02. The van der Waals surface area contributed by atoms with E-state index in [0.29, 0.717) is 0 Å². The highest BCUT2D eigenvalue weighted by atomic mass is 19.2. The monoisotopic (exact) mass is 194 g/mol. The number of pyridine rings is 1. The first-order valence-corrected chi connectivity index (χ1v) is 3.95. The lowest BCUT2D eigenvalue weighted by Crippen LogP contribution is -1.97. The molecule has 0 spiro atoms. The Labute approximate surface area is 80.5 Å². The van der Waals surface area contributed by atoms with Gasteiger partial charge in [-0.3, -0.25) is 0 Å². The van der Waals surface area contributed by atoms with Crippen LogP contribution in [0.2, 0.25) is 0 Å². The Hall–Kier alpha value is -1.76. The Morgan fingerprint density at radius 3 is 2.57 bits per heavy atom. The van der Waals surface area contributed by atoms with Crippen molar-refractivity contribution in [1.82, 2.24) is 4.98 Å². The predicted octanol–water partition coefficient (Wildman–Crippen LogP) is 2.65. The van der Waals surface area contributed by atoms with Crippen molar-refractivity contribution >= 4 is 6.08 Å². The van der Waals surface area contributed by atoms with Crippen LogP contribution in [0.25, 0.3) is 6.08 Å². The molecule has 72 valence electrons. The smallest absolute Gasteiger partial charge is 0.195 e. The molecule has 0 aliphatic carbocycles. The van der Waals surface area contributed by atoms with Gasteiger partial charge in [0.1, 0.15) is 6.07 Å². The molecule has 2 nitrogen and oxygen atoms in total. The Balaban J connectivity index is 3.33. The Morgan fingerprint density at radius 2 is 2.07 bits per heavy atom. The topological polar surface area (TPSA) is 36.7 Å². The van der Waals surface area contributed by atoms with Crippen LogP contribution in [-0.2, 0) is 0 Å². The van der Waals surface area contributed by atoms with Crippen molar-refractivity contribution in [3.8, 4) is 6.07 Å². The SMILES string of the molecule is CC(C)=Cc1cnc(C#N)c(F)c1F. The fourth-order valence-corrected chi connectivity index (χ4v) is 0.968. The Bertz CT molecular complexity index is 426. The van der Waals surface area contributed by atoms with Crippen molar-refractivity contribution < 1.29 is 8.78 Å². The summed E-state index contributed by atoms with van der Waals surface area (Å²) >= 11 is 0. The highest BCUT2D eigenvalue weighted by molar-refractivity contribution is 5.52. The van der Waals surface area contributed by atoms with Gasteiger partial charge in [-0.25, -0.2) is 13.8 Å². The van der Waals surface area contributed by atoms with Crippen molar-refractivity contribution in [1.29, 1.82) is 5.26 Å². The number of allylic oxidation sites excluding steroid dienone is 1. The maximum atomic E-state index is 13.2. The summed E-state index contributed by atoms with van der Waals surface area (Å²) in [7, 11) is 0. The molecule has 0 aliphatic rings. The molecule has 0 radical (unpaired) electrons. The number of hydrogen-bond acceptors (Lipinski definition) is 2. The molecule has 0 amide bonds. The minimum Gasteiger partial charge on any atom is -0.242 e. The van der Waals surface area contributed by atoms with Crippen LogP contribution in [-0.4, -0.2) is 4.98 Å². The highest BCUT2D eigenvalue weighted by Crippen LogP contribution is 2.15. The van der Waals surface area contributed by atoms with E-state index in [-0.39, 0.29) is 5.56 Å². The average molecular weight is 194 g/mol. The summed E-state index contributed by atoms with van der Waals surface area (Å²) in [6.07, 6.45) is 2.61. The van der Waals surface area contributed by atoms with Gasteiger partial charge in [0, 0.05) is 11.8 Å². The third-order valence-electron chi connectivity index (χ3n) is 1.54. The van der Waals surface area contributed by atoms with E-state index in [9.17, 15) is 8.78 Å². The summed E-state index contributed by atoms with van der Waals surface area (Å²) < 4.78 is 26.2. The summed E-state index contributed by atoms with van der Waals surface area (Å²) in [5.74, 6) is -2.22. The lowest BCUT2D eigenvalue weighted by Gasteiger charge is -1.99. The Kier molecular flexibility index (Phi) is 2.92. The third-order valence-corrected chi connectivity index (χ3v) is 1.54. The lowest BCUT2D eigenvalue weighted by atomic mass is 10.2. The highest BCUT2D eigenvalue weighted by Gasteiger charge is 2.12. The van der Waals surface area contributed by atoms with E-state index in [1.165, 1.54) is 12.1 Å². The summed E-state index contributed by atoms with van der Waals surface area (Å²) in [5, 5.41) is 8.38. The Morgan fingerprint density at radius 1 is 1.43 bits per heavy atom. The van der Waals surface area contributed by atoms with E-state index in [1.807, 2.05) is 0 Å². The summed E-state index contributed by atoms with van der Waals surface area (Å²) in [6, 6.07) is 1.47. The molecule has 0 N–H and O–H groups in total. The molecule has 0 bridgehead atoms. The van der Waals surface area contributed by atoms with Crippen molar-refractivity contribution in [3.63, 3.8) is 0 Å². The minimum atomic E-state index is -1.19. The molecule has 0 aliphatic heterocycles. The van der Waals surface area contributed by atoms with E-state index in [0.717, 1.165) is 11.8 Å². The summed E-state index contributed by atoms with van der Waals surface area (Å²) in [6.45, 7) is 3.52. The third kappa shape index (κ3) is 1.94. The predicted molar refractivity (Wildman–Crippen MR) is 48.2 cm³/mol. The molecule has 1 heterocycles. The summed E-state index contributed by atoms with van der Waals surface area (Å²) in [4.78, 5) is 3.49. The van der Waals surface area contributed by atoms with Crippen LogP contribution in [0.4, 0.5) is 8.78 Å². The van der Waals surface area contributed by atoms with Gasteiger partial charge in [0.05, 0.1) is 0 Å². The van der Waals surface area contributed by atoms with Crippen LogP contribution >= 0.6 is 0 Å². The van der Waals surface area contributed by atoms with Gasteiger partial charge in [0.2, 0.25) is 0 Å². The first kappa shape index (κ1) is 10.3. The van der Waals surface area contributed by atoms with Gasteiger partial charge in [-0.05, 0) is 13.8 Å². The first-order chi connectivity index (χ1) is 6.56. The molecule has 1 aromatic rings. The van der Waals surface area contributed by atoms with Crippen molar-refractivity contribution in [2.45, 2.75) is 13.8 Å². The van der Waals surface area contributed by atoms with Crippen molar-refractivity contribution in [2.24, 2.45) is 0 Å². The zero-order chi connectivity index (χ0) is 10.7. The molecule has 0 saturated heterocycles. The van der Waals surface area contributed by atoms with E-state index < -0.39 is 17.3 Å². The van der Waals surface area contributed by atoms with Crippen LogP contribution in [0.5, 0.6) is 0 Å². The molecular formula is C10H8F2N2. The van der Waals surface area contributed by atoms with E-state index >= 15 is 0 Å². The molecule has 1 rings (SSSR count). The minimum absolute atomic E-state index is 0.0569.